The van der Waals surface area contributed by atoms with Crippen LogP contribution in [0.1, 0.15) is 219 Å². The Morgan fingerprint density at radius 2 is 0.953 bits per heavy atom. The van der Waals surface area contributed by atoms with Gasteiger partial charge in [0.05, 0.1) is 39.9 Å². The van der Waals surface area contributed by atoms with Gasteiger partial charge in [-0.1, -0.05) is 222 Å². The Labute approximate surface area is 395 Å². The van der Waals surface area contributed by atoms with Gasteiger partial charge >= 0.3 is 0 Å². The molecule has 0 rings (SSSR count). The van der Waals surface area contributed by atoms with E-state index in [1.807, 2.05) is 21.1 Å². The first-order valence-corrected chi connectivity index (χ1v) is 27.7. The molecule has 1 amide bonds. The highest BCUT2D eigenvalue weighted by atomic mass is 31.2. The number of nitrogens with zero attached hydrogens (tertiary/aromatic N) is 1. The zero-order valence-corrected chi connectivity index (χ0v) is 43.1. The minimum Gasteiger partial charge on any atom is -0.756 e. The number of rotatable bonds is 47. The fourth-order valence-corrected chi connectivity index (χ4v) is 8.06. The number of nitrogens with one attached hydrogen (secondary N) is 1. The number of phosphoric ester groups is 1. The van der Waals surface area contributed by atoms with Crippen LogP contribution in [0.15, 0.2) is 72.9 Å². The highest BCUT2D eigenvalue weighted by Crippen LogP contribution is 2.38. The summed E-state index contributed by atoms with van der Waals surface area (Å²) >= 11 is 0. The van der Waals surface area contributed by atoms with Gasteiger partial charge < -0.3 is 28.8 Å². The molecule has 3 atom stereocenters. The molecule has 0 bridgehead atoms. The molecule has 0 fully saturated rings. The van der Waals surface area contributed by atoms with Crippen LogP contribution in [0, 0.1) is 0 Å². The fraction of sp³-hybridized carbons (Fsp3) is 0.764. The van der Waals surface area contributed by atoms with E-state index >= 15 is 0 Å². The van der Waals surface area contributed by atoms with Crippen molar-refractivity contribution >= 4 is 13.7 Å². The molecular weight excluding hydrogens is 816 g/mol. The van der Waals surface area contributed by atoms with Crippen molar-refractivity contribution < 1.29 is 32.9 Å². The van der Waals surface area contributed by atoms with Crippen molar-refractivity contribution in [3.05, 3.63) is 72.9 Å². The van der Waals surface area contributed by atoms with Crippen LogP contribution in [0.3, 0.4) is 0 Å². The molecule has 0 aliphatic rings. The first kappa shape index (κ1) is 61.9. The normalized spacial score (nSPS) is 14.7. The lowest BCUT2D eigenvalue weighted by molar-refractivity contribution is -0.870. The van der Waals surface area contributed by atoms with Gasteiger partial charge in [0.15, 0.2) is 0 Å². The second-order valence-corrected chi connectivity index (χ2v) is 20.3. The number of allylic oxidation sites excluding steroid dienone is 12. The van der Waals surface area contributed by atoms with Gasteiger partial charge in [-0.3, -0.25) is 9.36 Å². The van der Waals surface area contributed by atoms with E-state index in [1.54, 1.807) is 0 Å². The van der Waals surface area contributed by atoms with E-state index in [9.17, 15) is 19.4 Å². The van der Waals surface area contributed by atoms with Crippen LogP contribution in [-0.2, 0) is 18.4 Å². The van der Waals surface area contributed by atoms with Gasteiger partial charge in [-0.15, -0.1) is 0 Å². The van der Waals surface area contributed by atoms with Crippen molar-refractivity contribution in [2.24, 2.45) is 0 Å². The number of likely N-dealkylation sites (N-methyl/N-ethyl adjacent to an activating group) is 1. The number of aliphatic hydroxyl groups excluding tert-OH is 1. The van der Waals surface area contributed by atoms with Crippen LogP contribution in [0.25, 0.3) is 0 Å². The zero-order valence-electron chi connectivity index (χ0n) is 42.2. The molecule has 0 aliphatic carbocycles. The Morgan fingerprint density at radius 3 is 1.39 bits per heavy atom. The minimum absolute atomic E-state index is 0.00936. The first-order valence-electron chi connectivity index (χ1n) is 26.3. The third kappa shape index (κ3) is 47.9. The summed E-state index contributed by atoms with van der Waals surface area (Å²) in [6.45, 7) is 4.59. The Bertz CT molecular complexity index is 1270. The largest absolute Gasteiger partial charge is 0.756 e. The molecule has 0 aromatic carbocycles. The number of aliphatic hydroxyl groups is 1. The summed E-state index contributed by atoms with van der Waals surface area (Å²) in [5, 5.41) is 13.9. The smallest absolute Gasteiger partial charge is 0.268 e. The molecular formula is C55H101N2O6P. The highest BCUT2D eigenvalue weighted by Gasteiger charge is 2.24. The van der Waals surface area contributed by atoms with Gasteiger partial charge in [-0.2, -0.15) is 0 Å². The van der Waals surface area contributed by atoms with Crippen LogP contribution in [-0.4, -0.2) is 68.5 Å². The van der Waals surface area contributed by atoms with Crippen molar-refractivity contribution in [1.82, 2.24) is 5.32 Å². The number of carbonyl (C=O) groups excluding carboxylic acids is 1. The summed E-state index contributed by atoms with van der Waals surface area (Å²) in [7, 11) is 1.30. The van der Waals surface area contributed by atoms with Gasteiger partial charge in [-0.05, 0) is 64.2 Å². The molecule has 3 unspecified atom stereocenters. The van der Waals surface area contributed by atoms with E-state index < -0.39 is 20.0 Å². The third-order valence-corrected chi connectivity index (χ3v) is 12.4. The van der Waals surface area contributed by atoms with Crippen molar-refractivity contribution in [2.45, 2.75) is 231 Å². The van der Waals surface area contributed by atoms with Crippen molar-refractivity contribution in [3.63, 3.8) is 0 Å². The number of amides is 1. The molecule has 0 aromatic heterocycles. The second kappa shape index (κ2) is 46.1. The van der Waals surface area contributed by atoms with E-state index in [2.05, 4.69) is 92.1 Å². The molecule has 0 aromatic rings. The Kier molecular flexibility index (Phi) is 44.6. The maximum atomic E-state index is 12.9. The van der Waals surface area contributed by atoms with Crippen LogP contribution in [0.2, 0.25) is 0 Å². The van der Waals surface area contributed by atoms with E-state index in [4.69, 9.17) is 9.05 Å². The summed E-state index contributed by atoms with van der Waals surface area (Å²) < 4.78 is 23.3. The van der Waals surface area contributed by atoms with E-state index in [1.165, 1.54) is 116 Å². The number of quaternary nitrogens is 1. The maximum absolute atomic E-state index is 12.9. The second-order valence-electron chi connectivity index (χ2n) is 18.9. The SMILES string of the molecule is CC/C=C\C/C=C\C/C=C\C/C=C\C/C=C\C/C=C\CCCCCCCCCCCCCCC(=O)NC(COP(=O)([O-])OCC[N+](C)(C)C)C(O)CCCCCCCCCCCCC. The average molecular weight is 917 g/mol. The molecule has 372 valence electrons. The average Bonchev–Trinajstić information content (AvgIpc) is 3.25. The van der Waals surface area contributed by atoms with Gasteiger partial charge in [0.25, 0.3) is 7.82 Å². The number of unbranched alkanes of at least 4 members (excludes halogenated alkanes) is 22. The number of hydrogen-bond donors (Lipinski definition) is 2. The summed E-state index contributed by atoms with van der Waals surface area (Å²) in [6, 6.07) is -0.803. The summed E-state index contributed by atoms with van der Waals surface area (Å²) in [6.07, 6.45) is 62.1. The predicted molar refractivity (Wildman–Crippen MR) is 274 cm³/mol. The Hall–Kier alpha value is -2.06. The topological polar surface area (TPSA) is 108 Å². The molecule has 8 nitrogen and oxygen atoms in total. The van der Waals surface area contributed by atoms with Crippen molar-refractivity contribution in [1.29, 1.82) is 0 Å². The molecule has 64 heavy (non-hydrogen) atoms. The van der Waals surface area contributed by atoms with Crippen LogP contribution in [0.4, 0.5) is 0 Å². The van der Waals surface area contributed by atoms with E-state index in [0.717, 1.165) is 77.0 Å². The number of hydrogen-bond acceptors (Lipinski definition) is 6. The quantitative estimate of drug-likeness (QED) is 0.0272. The molecule has 0 heterocycles. The van der Waals surface area contributed by atoms with E-state index in [-0.39, 0.29) is 19.1 Å². The monoisotopic (exact) mass is 917 g/mol. The lowest BCUT2D eigenvalue weighted by Crippen LogP contribution is -2.46. The number of carbonyl (C=O) groups is 1. The van der Waals surface area contributed by atoms with Gasteiger partial charge in [0, 0.05) is 6.42 Å². The maximum Gasteiger partial charge on any atom is 0.268 e. The molecule has 9 heteroatoms. The lowest BCUT2D eigenvalue weighted by Gasteiger charge is -2.30. The fourth-order valence-electron chi connectivity index (χ4n) is 7.34. The first-order chi connectivity index (χ1) is 31.0. The van der Waals surface area contributed by atoms with Gasteiger partial charge in [0.1, 0.15) is 13.2 Å². The van der Waals surface area contributed by atoms with Gasteiger partial charge in [0.2, 0.25) is 5.91 Å². The Balaban J connectivity index is 4.09. The van der Waals surface area contributed by atoms with Gasteiger partial charge in [-0.25, -0.2) is 0 Å². The molecule has 2 N–H and O–H groups in total. The van der Waals surface area contributed by atoms with Crippen LogP contribution in [0.5, 0.6) is 0 Å². The molecule has 0 radical (unpaired) electrons. The lowest BCUT2D eigenvalue weighted by atomic mass is 10.0. The Morgan fingerprint density at radius 1 is 0.562 bits per heavy atom. The molecule has 0 saturated heterocycles. The molecule has 0 aliphatic heterocycles. The standard InChI is InChI=1S/C55H101N2O6P/c1-6-8-10-12-14-16-18-19-20-21-22-23-24-25-26-27-28-29-30-31-32-33-34-35-36-37-39-41-43-45-47-49-55(59)56-53(52-63-64(60,61)62-51-50-57(3,4)5)54(58)48-46-44-42-40-38-17-15-13-11-9-7-2/h8,10,14,16,19-20,22-23,25-26,28-29,53-54,58H,6-7,9,11-13,15,17-18,21,24,27,30-52H2,1-5H3,(H-,56,59,60,61)/b10-8-,16-14-,20-19-,23-22-,26-25-,29-28-. The predicted octanol–water partition coefficient (Wildman–Crippen LogP) is 14.9. The highest BCUT2D eigenvalue weighted by molar-refractivity contribution is 7.45. The summed E-state index contributed by atoms with van der Waals surface area (Å²) in [5.41, 5.74) is 0. The minimum atomic E-state index is -4.57. The summed E-state index contributed by atoms with van der Waals surface area (Å²) in [4.78, 5) is 25.4. The third-order valence-electron chi connectivity index (χ3n) is 11.5. The van der Waals surface area contributed by atoms with Crippen LogP contribution >= 0.6 is 7.82 Å². The summed E-state index contributed by atoms with van der Waals surface area (Å²) in [5.74, 6) is -0.171. The van der Waals surface area contributed by atoms with Crippen LogP contribution < -0.4 is 10.2 Å². The zero-order chi connectivity index (χ0) is 47.1. The van der Waals surface area contributed by atoms with E-state index in [0.29, 0.717) is 23.9 Å². The molecule has 0 spiro atoms. The number of phosphoric acid groups is 1. The van der Waals surface area contributed by atoms with Crippen molar-refractivity contribution in [3.8, 4) is 0 Å². The molecule has 0 saturated carbocycles. The van der Waals surface area contributed by atoms with Crippen molar-refractivity contribution in [2.75, 3.05) is 40.9 Å².